The third-order valence-electron chi connectivity index (χ3n) is 4.47. The number of nitrogens with one attached hydrogen (secondary N) is 2. The zero-order chi connectivity index (χ0) is 19.2. The first-order valence-corrected chi connectivity index (χ1v) is 8.87. The Balaban J connectivity index is 1.45. The van der Waals surface area contributed by atoms with E-state index < -0.39 is 4.92 Å². The van der Waals surface area contributed by atoms with Gasteiger partial charge >= 0.3 is 6.03 Å². The number of aromatic nitrogens is 1. The van der Waals surface area contributed by atoms with Crippen molar-refractivity contribution in [1.82, 2.24) is 15.2 Å². The molecule has 0 bridgehead atoms. The average molecular weight is 366 g/mol. The highest BCUT2D eigenvalue weighted by atomic mass is 16.6. The van der Waals surface area contributed by atoms with Crippen molar-refractivity contribution in [2.45, 2.75) is 25.9 Å². The van der Waals surface area contributed by atoms with Crippen LogP contribution in [0.15, 0.2) is 60.8 Å². The standard InChI is InChI=1S/C20H22N4O3/c1-15(17-7-4-8-18(14-17)24(26)27)22-20(25)21-11-5-12-23-13-10-16-6-2-3-9-19(16)23/h2-4,6-10,13-15H,5,11-12H2,1H3,(H2,21,22,25). The molecule has 1 atom stereocenters. The Morgan fingerprint density at radius 1 is 1.19 bits per heavy atom. The summed E-state index contributed by atoms with van der Waals surface area (Å²) in [6.07, 6.45) is 2.85. The molecule has 7 heteroatoms. The maximum absolute atomic E-state index is 12.1. The van der Waals surface area contributed by atoms with Gasteiger partial charge in [0.05, 0.1) is 11.0 Å². The topological polar surface area (TPSA) is 89.2 Å². The van der Waals surface area contributed by atoms with Gasteiger partial charge in [0.2, 0.25) is 0 Å². The third-order valence-corrected chi connectivity index (χ3v) is 4.47. The van der Waals surface area contributed by atoms with E-state index >= 15 is 0 Å². The number of benzene rings is 2. The highest BCUT2D eigenvalue weighted by molar-refractivity contribution is 5.79. The fourth-order valence-corrected chi connectivity index (χ4v) is 3.03. The molecule has 1 aromatic heterocycles. The molecule has 0 aliphatic carbocycles. The van der Waals surface area contributed by atoms with Crippen LogP contribution < -0.4 is 10.6 Å². The Kier molecular flexibility index (Phi) is 5.71. The van der Waals surface area contributed by atoms with E-state index in [4.69, 9.17) is 0 Å². The van der Waals surface area contributed by atoms with Gasteiger partial charge in [-0.05, 0) is 36.4 Å². The van der Waals surface area contributed by atoms with Gasteiger partial charge in [0.15, 0.2) is 0 Å². The molecule has 0 saturated carbocycles. The van der Waals surface area contributed by atoms with Crippen LogP contribution in [-0.4, -0.2) is 22.1 Å². The number of non-ortho nitro benzene ring substituents is 1. The minimum atomic E-state index is -0.443. The van der Waals surface area contributed by atoms with E-state index in [1.807, 2.05) is 12.1 Å². The Bertz CT molecular complexity index is 951. The van der Waals surface area contributed by atoms with Crippen LogP contribution in [0.25, 0.3) is 10.9 Å². The van der Waals surface area contributed by atoms with E-state index in [2.05, 4.69) is 39.6 Å². The van der Waals surface area contributed by atoms with Crippen molar-refractivity contribution >= 4 is 22.6 Å². The lowest BCUT2D eigenvalue weighted by molar-refractivity contribution is -0.384. The van der Waals surface area contributed by atoms with Gasteiger partial charge in [0, 0.05) is 36.9 Å². The fraction of sp³-hybridized carbons (Fsp3) is 0.250. The van der Waals surface area contributed by atoms with Gasteiger partial charge in [0.25, 0.3) is 5.69 Å². The lowest BCUT2D eigenvalue weighted by Gasteiger charge is -2.15. The summed E-state index contributed by atoms with van der Waals surface area (Å²) < 4.78 is 2.17. The predicted octanol–water partition coefficient (Wildman–Crippen LogP) is 4.00. The zero-order valence-corrected chi connectivity index (χ0v) is 15.1. The van der Waals surface area contributed by atoms with Gasteiger partial charge in [-0.25, -0.2) is 4.79 Å². The van der Waals surface area contributed by atoms with Crippen molar-refractivity contribution in [2.75, 3.05) is 6.54 Å². The molecule has 7 nitrogen and oxygen atoms in total. The summed E-state index contributed by atoms with van der Waals surface area (Å²) in [5.74, 6) is 0. The molecule has 3 aromatic rings. The number of fused-ring (bicyclic) bond motifs is 1. The lowest BCUT2D eigenvalue weighted by Crippen LogP contribution is -2.37. The van der Waals surface area contributed by atoms with Gasteiger partial charge in [-0.3, -0.25) is 10.1 Å². The molecule has 0 spiro atoms. The van der Waals surface area contributed by atoms with Crippen LogP contribution in [0.4, 0.5) is 10.5 Å². The van der Waals surface area contributed by atoms with Crippen molar-refractivity contribution in [3.8, 4) is 0 Å². The molecule has 27 heavy (non-hydrogen) atoms. The monoisotopic (exact) mass is 366 g/mol. The molecule has 2 amide bonds. The van der Waals surface area contributed by atoms with E-state index in [1.165, 1.54) is 23.0 Å². The van der Waals surface area contributed by atoms with Crippen LogP contribution in [0.1, 0.15) is 24.9 Å². The van der Waals surface area contributed by atoms with E-state index in [0.29, 0.717) is 12.1 Å². The number of rotatable bonds is 7. The van der Waals surface area contributed by atoms with Gasteiger partial charge in [-0.1, -0.05) is 30.3 Å². The molecule has 0 radical (unpaired) electrons. The number of nitrogens with zero attached hydrogens (tertiary/aromatic N) is 2. The number of carbonyl (C=O) groups is 1. The number of carbonyl (C=O) groups excluding carboxylic acids is 1. The molecular formula is C20H22N4O3. The Hall–Kier alpha value is -3.35. The van der Waals surface area contributed by atoms with Crippen molar-refractivity contribution in [1.29, 1.82) is 0 Å². The summed E-state index contributed by atoms with van der Waals surface area (Å²) in [6.45, 7) is 3.15. The third kappa shape index (κ3) is 4.63. The number of urea groups is 1. The predicted molar refractivity (Wildman–Crippen MR) is 105 cm³/mol. The van der Waals surface area contributed by atoms with Gasteiger partial charge in [-0.15, -0.1) is 0 Å². The molecule has 140 valence electrons. The summed E-state index contributed by atoms with van der Waals surface area (Å²) in [6, 6.07) is 15.9. The SMILES string of the molecule is CC(NC(=O)NCCCn1ccc2ccccc21)c1cccc([N+](=O)[O-])c1. The molecular weight excluding hydrogens is 344 g/mol. The molecule has 2 N–H and O–H groups in total. The molecule has 0 aliphatic rings. The molecule has 0 saturated heterocycles. The van der Waals surface area contributed by atoms with Crippen LogP contribution in [0, 0.1) is 10.1 Å². The molecule has 0 fully saturated rings. The maximum Gasteiger partial charge on any atom is 0.315 e. The summed E-state index contributed by atoms with van der Waals surface area (Å²) in [7, 11) is 0. The van der Waals surface area contributed by atoms with Gasteiger partial charge in [-0.2, -0.15) is 0 Å². The first-order valence-electron chi connectivity index (χ1n) is 8.87. The smallest absolute Gasteiger partial charge is 0.315 e. The Morgan fingerprint density at radius 2 is 2.00 bits per heavy atom. The first-order chi connectivity index (χ1) is 13.0. The van der Waals surface area contributed by atoms with Crippen LogP contribution in [0.2, 0.25) is 0 Å². The van der Waals surface area contributed by atoms with Crippen LogP contribution in [0.3, 0.4) is 0 Å². The summed E-state index contributed by atoms with van der Waals surface area (Å²) in [5.41, 5.74) is 1.89. The van der Waals surface area contributed by atoms with E-state index in [1.54, 1.807) is 19.1 Å². The second kappa shape index (κ2) is 8.35. The van der Waals surface area contributed by atoms with Gasteiger partial charge < -0.3 is 15.2 Å². The average Bonchev–Trinajstić information content (AvgIpc) is 3.08. The van der Waals surface area contributed by atoms with Crippen molar-refractivity contribution in [3.63, 3.8) is 0 Å². The minimum Gasteiger partial charge on any atom is -0.347 e. The van der Waals surface area contributed by atoms with Gasteiger partial charge in [0.1, 0.15) is 0 Å². The number of nitro benzene ring substituents is 1. The van der Waals surface area contributed by atoms with Crippen LogP contribution in [-0.2, 0) is 6.54 Å². The number of para-hydroxylation sites is 1. The van der Waals surface area contributed by atoms with E-state index in [9.17, 15) is 14.9 Å². The second-order valence-electron chi connectivity index (χ2n) is 6.40. The van der Waals surface area contributed by atoms with Crippen LogP contribution in [0.5, 0.6) is 0 Å². The molecule has 1 heterocycles. The zero-order valence-electron chi connectivity index (χ0n) is 15.1. The quantitative estimate of drug-likeness (QED) is 0.376. The molecule has 3 rings (SSSR count). The van der Waals surface area contributed by atoms with Crippen LogP contribution >= 0.6 is 0 Å². The Labute approximate surface area is 157 Å². The highest BCUT2D eigenvalue weighted by Gasteiger charge is 2.13. The number of aryl methyl sites for hydroxylation is 1. The molecule has 0 aliphatic heterocycles. The summed E-state index contributed by atoms with van der Waals surface area (Å²) in [4.78, 5) is 22.5. The van der Waals surface area contributed by atoms with Crippen molar-refractivity contribution in [2.24, 2.45) is 0 Å². The fourth-order valence-electron chi connectivity index (χ4n) is 3.03. The summed E-state index contributed by atoms with van der Waals surface area (Å²) >= 11 is 0. The molecule has 2 aromatic carbocycles. The first kappa shape index (κ1) is 18.4. The summed E-state index contributed by atoms with van der Waals surface area (Å²) in [5, 5.41) is 17.7. The van der Waals surface area contributed by atoms with E-state index in [-0.39, 0.29) is 17.8 Å². The van der Waals surface area contributed by atoms with Crippen molar-refractivity contribution < 1.29 is 9.72 Å². The number of hydrogen-bond acceptors (Lipinski definition) is 3. The largest absolute Gasteiger partial charge is 0.347 e. The molecule has 1 unspecified atom stereocenters. The highest BCUT2D eigenvalue weighted by Crippen LogP contribution is 2.19. The number of amides is 2. The Morgan fingerprint density at radius 3 is 2.81 bits per heavy atom. The lowest BCUT2D eigenvalue weighted by atomic mass is 10.1. The number of nitro groups is 1. The van der Waals surface area contributed by atoms with E-state index in [0.717, 1.165) is 13.0 Å². The van der Waals surface area contributed by atoms with Crippen molar-refractivity contribution in [3.05, 3.63) is 76.5 Å². The maximum atomic E-state index is 12.1. The normalized spacial score (nSPS) is 11.9. The second-order valence-corrected chi connectivity index (χ2v) is 6.40. The number of hydrogen-bond donors (Lipinski definition) is 2. The minimum absolute atomic E-state index is 0.0144.